The second-order valence-corrected chi connectivity index (χ2v) is 5.14. The molecule has 2 N–H and O–H groups in total. The van der Waals surface area contributed by atoms with Crippen molar-refractivity contribution in [2.45, 2.75) is 52.0 Å². The molecular formula is C10H19NO. The first kappa shape index (κ1) is 9.72. The normalized spacial score (nSPS) is 20.7. The van der Waals surface area contributed by atoms with Crippen molar-refractivity contribution in [3.05, 3.63) is 0 Å². The minimum Gasteiger partial charge on any atom is -0.319 e. The molecule has 1 rings (SSSR count). The number of nitrogens with two attached hydrogens (primary N) is 1. The molecule has 0 aromatic rings. The van der Waals surface area contributed by atoms with Crippen LogP contribution >= 0.6 is 0 Å². The number of hydrogen-bond donors (Lipinski definition) is 1. The average Bonchev–Trinajstić information content (AvgIpc) is 2.62. The minimum absolute atomic E-state index is 0.251. The first-order chi connectivity index (χ1) is 5.33. The van der Waals surface area contributed by atoms with Crippen LogP contribution in [0, 0.1) is 5.41 Å². The highest BCUT2D eigenvalue weighted by Crippen LogP contribution is 2.35. The van der Waals surface area contributed by atoms with Gasteiger partial charge in [0.25, 0.3) is 0 Å². The van der Waals surface area contributed by atoms with Gasteiger partial charge in [0.1, 0.15) is 0 Å². The Hall–Kier alpha value is -0.370. The van der Waals surface area contributed by atoms with Crippen molar-refractivity contribution in [1.29, 1.82) is 0 Å². The molecule has 0 amide bonds. The van der Waals surface area contributed by atoms with E-state index in [1.165, 1.54) is 0 Å². The second kappa shape index (κ2) is 2.84. The molecule has 0 bridgehead atoms. The zero-order chi connectivity index (χ0) is 9.41. The monoisotopic (exact) mass is 169 g/mol. The van der Waals surface area contributed by atoms with Gasteiger partial charge in [-0.05, 0) is 24.7 Å². The van der Waals surface area contributed by atoms with Gasteiger partial charge in [0.05, 0.1) is 5.54 Å². The van der Waals surface area contributed by atoms with E-state index in [0.717, 1.165) is 19.3 Å². The predicted octanol–water partition coefficient (Wildman–Crippen LogP) is 1.87. The topological polar surface area (TPSA) is 43.1 Å². The molecule has 2 nitrogen and oxygen atoms in total. The molecule has 0 unspecified atom stereocenters. The molecule has 0 heterocycles. The maximum absolute atomic E-state index is 11.4. The van der Waals surface area contributed by atoms with Crippen LogP contribution in [-0.2, 0) is 4.79 Å². The Balaban J connectivity index is 2.29. The molecule has 2 heteroatoms. The van der Waals surface area contributed by atoms with E-state index in [2.05, 4.69) is 20.8 Å². The molecule has 0 aliphatic heterocycles. The number of carbonyl (C=O) groups is 1. The van der Waals surface area contributed by atoms with Gasteiger partial charge in [-0.3, -0.25) is 4.79 Å². The first-order valence-corrected chi connectivity index (χ1v) is 4.66. The molecule has 1 aliphatic carbocycles. The molecule has 70 valence electrons. The van der Waals surface area contributed by atoms with Crippen molar-refractivity contribution in [2.24, 2.45) is 11.1 Å². The molecule has 0 aromatic carbocycles. The molecule has 1 aliphatic rings. The van der Waals surface area contributed by atoms with Crippen LogP contribution in [0.4, 0.5) is 0 Å². The Bertz CT molecular complexity index is 187. The van der Waals surface area contributed by atoms with Crippen LogP contribution in [0.25, 0.3) is 0 Å². The van der Waals surface area contributed by atoms with E-state index in [1.54, 1.807) is 0 Å². The summed E-state index contributed by atoms with van der Waals surface area (Å²) in [5.41, 5.74) is 5.61. The van der Waals surface area contributed by atoms with Gasteiger partial charge >= 0.3 is 0 Å². The van der Waals surface area contributed by atoms with Crippen molar-refractivity contribution in [1.82, 2.24) is 0 Å². The standard InChI is InChI=1S/C10H19NO/c1-9(2,3)5-4-8(12)10(11)6-7-10/h4-7,11H2,1-3H3. The van der Waals surface area contributed by atoms with Gasteiger partial charge in [0.15, 0.2) is 5.78 Å². The maximum Gasteiger partial charge on any atom is 0.152 e. The summed E-state index contributed by atoms with van der Waals surface area (Å²) in [6, 6.07) is 0. The smallest absolute Gasteiger partial charge is 0.152 e. The second-order valence-electron chi connectivity index (χ2n) is 5.14. The Kier molecular flexibility index (Phi) is 2.30. The first-order valence-electron chi connectivity index (χ1n) is 4.66. The molecule has 0 radical (unpaired) electrons. The van der Waals surface area contributed by atoms with Gasteiger partial charge in [0, 0.05) is 6.42 Å². The highest BCUT2D eigenvalue weighted by molar-refractivity contribution is 5.90. The number of Topliss-reactive ketones (excluding diaryl/α,β-unsaturated/α-hetero) is 1. The lowest BCUT2D eigenvalue weighted by molar-refractivity contribution is -0.121. The highest BCUT2D eigenvalue weighted by atomic mass is 16.1. The summed E-state index contributed by atoms with van der Waals surface area (Å²) < 4.78 is 0. The van der Waals surface area contributed by atoms with Crippen LogP contribution in [0.1, 0.15) is 46.5 Å². The van der Waals surface area contributed by atoms with Crippen molar-refractivity contribution >= 4 is 5.78 Å². The number of carbonyl (C=O) groups excluding carboxylic acids is 1. The summed E-state index contributed by atoms with van der Waals surface area (Å²) in [4.78, 5) is 11.4. The van der Waals surface area contributed by atoms with E-state index in [4.69, 9.17) is 5.73 Å². The molecule has 0 saturated heterocycles. The fourth-order valence-electron chi connectivity index (χ4n) is 1.15. The maximum atomic E-state index is 11.4. The van der Waals surface area contributed by atoms with Crippen LogP contribution in [0.2, 0.25) is 0 Å². The van der Waals surface area contributed by atoms with Crippen LogP contribution in [0.3, 0.4) is 0 Å². The molecule has 0 spiro atoms. The molecule has 1 saturated carbocycles. The zero-order valence-electron chi connectivity index (χ0n) is 8.31. The van der Waals surface area contributed by atoms with Gasteiger partial charge in [0.2, 0.25) is 0 Å². The number of hydrogen-bond acceptors (Lipinski definition) is 2. The third-order valence-corrected chi connectivity index (χ3v) is 2.45. The Labute approximate surface area is 74.5 Å². The molecule has 0 atom stereocenters. The highest BCUT2D eigenvalue weighted by Gasteiger charge is 2.44. The van der Waals surface area contributed by atoms with Gasteiger partial charge in [-0.15, -0.1) is 0 Å². The predicted molar refractivity (Wildman–Crippen MR) is 49.8 cm³/mol. The van der Waals surface area contributed by atoms with E-state index in [1.807, 2.05) is 0 Å². The van der Waals surface area contributed by atoms with E-state index in [-0.39, 0.29) is 11.2 Å². The fraction of sp³-hybridized carbons (Fsp3) is 0.900. The quantitative estimate of drug-likeness (QED) is 0.701. The Morgan fingerprint density at radius 1 is 1.42 bits per heavy atom. The van der Waals surface area contributed by atoms with Crippen LogP contribution in [0.15, 0.2) is 0 Å². The van der Waals surface area contributed by atoms with Gasteiger partial charge in [-0.2, -0.15) is 0 Å². The van der Waals surface area contributed by atoms with Crippen LogP contribution < -0.4 is 5.73 Å². The van der Waals surface area contributed by atoms with E-state index < -0.39 is 5.54 Å². The third kappa shape index (κ3) is 2.59. The summed E-state index contributed by atoms with van der Waals surface area (Å²) in [5, 5.41) is 0. The molecule has 1 fully saturated rings. The third-order valence-electron chi connectivity index (χ3n) is 2.45. The summed E-state index contributed by atoms with van der Waals surface area (Å²) in [6.07, 6.45) is 3.40. The van der Waals surface area contributed by atoms with Crippen molar-refractivity contribution in [2.75, 3.05) is 0 Å². The lowest BCUT2D eigenvalue weighted by Gasteiger charge is -2.18. The lowest BCUT2D eigenvalue weighted by atomic mass is 9.88. The van der Waals surface area contributed by atoms with Gasteiger partial charge < -0.3 is 5.73 Å². The van der Waals surface area contributed by atoms with Crippen molar-refractivity contribution in [3.63, 3.8) is 0 Å². The largest absolute Gasteiger partial charge is 0.319 e. The lowest BCUT2D eigenvalue weighted by Crippen LogP contribution is -2.33. The Morgan fingerprint density at radius 3 is 2.25 bits per heavy atom. The van der Waals surface area contributed by atoms with Crippen LogP contribution in [0.5, 0.6) is 0 Å². The average molecular weight is 169 g/mol. The van der Waals surface area contributed by atoms with Crippen LogP contribution in [-0.4, -0.2) is 11.3 Å². The molecule has 12 heavy (non-hydrogen) atoms. The fourth-order valence-corrected chi connectivity index (χ4v) is 1.15. The molecular weight excluding hydrogens is 150 g/mol. The van der Waals surface area contributed by atoms with Crippen molar-refractivity contribution < 1.29 is 4.79 Å². The summed E-state index contributed by atoms with van der Waals surface area (Å²) >= 11 is 0. The summed E-state index contributed by atoms with van der Waals surface area (Å²) in [5.74, 6) is 0.262. The minimum atomic E-state index is -0.411. The van der Waals surface area contributed by atoms with E-state index in [9.17, 15) is 4.79 Å². The van der Waals surface area contributed by atoms with Gasteiger partial charge in [-0.25, -0.2) is 0 Å². The Morgan fingerprint density at radius 2 is 1.92 bits per heavy atom. The van der Waals surface area contributed by atoms with E-state index in [0.29, 0.717) is 6.42 Å². The van der Waals surface area contributed by atoms with Gasteiger partial charge in [-0.1, -0.05) is 20.8 Å². The summed E-state index contributed by atoms with van der Waals surface area (Å²) in [7, 11) is 0. The van der Waals surface area contributed by atoms with Crippen molar-refractivity contribution in [3.8, 4) is 0 Å². The number of ketones is 1. The SMILES string of the molecule is CC(C)(C)CCC(=O)C1(N)CC1. The van der Waals surface area contributed by atoms with E-state index >= 15 is 0 Å². The molecule has 0 aromatic heterocycles. The summed E-state index contributed by atoms with van der Waals surface area (Å²) in [6.45, 7) is 6.45. The zero-order valence-corrected chi connectivity index (χ0v) is 8.31. The number of rotatable bonds is 3.